The molecule has 2 amide bonds. The first-order chi connectivity index (χ1) is 17.0. The molecule has 1 fully saturated rings. The molecule has 1 unspecified atom stereocenters. The van der Waals surface area contributed by atoms with Crippen LogP contribution in [-0.2, 0) is 9.59 Å². The molecule has 0 aliphatic carbocycles. The van der Waals surface area contributed by atoms with Gasteiger partial charge >= 0.3 is 0 Å². The fraction of sp³-hybridized carbons (Fsp3) is 0.0769. The Hall–Kier alpha value is -4.24. The van der Waals surface area contributed by atoms with E-state index < -0.39 is 11.1 Å². The van der Waals surface area contributed by atoms with Gasteiger partial charge in [0.2, 0.25) is 11.8 Å². The second kappa shape index (κ2) is 11.3. The van der Waals surface area contributed by atoms with Gasteiger partial charge in [-0.2, -0.15) is 5.10 Å². The van der Waals surface area contributed by atoms with E-state index in [2.05, 4.69) is 15.5 Å². The van der Waals surface area contributed by atoms with Crippen LogP contribution in [0.1, 0.15) is 12.0 Å². The van der Waals surface area contributed by atoms with Crippen molar-refractivity contribution in [2.45, 2.75) is 11.7 Å². The summed E-state index contributed by atoms with van der Waals surface area (Å²) in [5, 5.41) is 20.1. The highest BCUT2D eigenvalue weighted by Crippen LogP contribution is 2.34. The highest BCUT2D eigenvalue weighted by molar-refractivity contribution is 8.16. The molecule has 1 aliphatic rings. The van der Waals surface area contributed by atoms with Gasteiger partial charge in [-0.3, -0.25) is 14.5 Å². The lowest BCUT2D eigenvalue weighted by molar-refractivity contribution is -0.121. The van der Waals surface area contributed by atoms with Crippen LogP contribution in [0.25, 0.3) is 6.08 Å². The molecule has 1 heterocycles. The molecule has 1 aliphatic heterocycles. The molecule has 0 aromatic heterocycles. The van der Waals surface area contributed by atoms with E-state index in [1.165, 1.54) is 47.5 Å². The molecule has 0 saturated carbocycles. The molecule has 7 nitrogen and oxygen atoms in total. The average Bonchev–Trinajstić information content (AvgIpc) is 3.16. The van der Waals surface area contributed by atoms with Crippen LogP contribution in [0.2, 0.25) is 0 Å². The van der Waals surface area contributed by atoms with Gasteiger partial charge in [-0.1, -0.05) is 48.2 Å². The SMILES string of the molecule is O=C(CC1SC(=NN=CC=Cc2ccccc2)N(c2ccc(O)cc2)C1=O)Nc1ccc(F)cc1. The number of phenolic OH excluding ortho intramolecular Hbond substituents is 1. The van der Waals surface area contributed by atoms with Crippen molar-refractivity contribution in [3.8, 4) is 5.75 Å². The number of thioether (sulfide) groups is 1. The zero-order valence-electron chi connectivity index (χ0n) is 18.4. The number of hydrogen-bond acceptors (Lipinski definition) is 6. The van der Waals surface area contributed by atoms with E-state index in [0.717, 1.165) is 17.3 Å². The Kier molecular flexibility index (Phi) is 7.69. The normalized spacial score (nSPS) is 17.1. The van der Waals surface area contributed by atoms with Crippen molar-refractivity contribution >= 4 is 52.4 Å². The Labute approximate surface area is 205 Å². The number of nitrogens with one attached hydrogen (secondary N) is 1. The van der Waals surface area contributed by atoms with Gasteiger partial charge in [-0.15, -0.1) is 5.10 Å². The number of halogens is 1. The van der Waals surface area contributed by atoms with Crippen molar-refractivity contribution in [1.29, 1.82) is 0 Å². The number of aromatic hydroxyl groups is 1. The molecule has 9 heteroatoms. The lowest BCUT2D eigenvalue weighted by Gasteiger charge is -2.15. The van der Waals surface area contributed by atoms with E-state index in [0.29, 0.717) is 16.5 Å². The summed E-state index contributed by atoms with van der Waals surface area (Å²) < 4.78 is 13.1. The molecule has 176 valence electrons. The summed E-state index contributed by atoms with van der Waals surface area (Å²) in [4.78, 5) is 27.1. The van der Waals surface area contributed by atoms with E-state index in [-0.39, 0.29) is 24.0 Å². The van der Waals surface area contributed by atoms with Crippen LogP contribution >= 0.6 is 11.8 Å². The molecular formula is C26H21FN4O3S. The number of rotatable bonds is 7. The van der Waals surface area contributed by atoms with Gasteiger partial charge in [0, 0.05) is 18.3 Å². The van der Waals surface area contributed by atoms with Gasteiger partial charge < -0.3 is 10.4 Å². The molecule has 2 N–H and O–H groups in total. The monoisotopic (exact) mass is 488 g/mol. The number of allylic oxidation sites excluding steroid dienone is 1. The third-order valence-electron chi connectivity index (χ3n) is 4.93. The standard InChI is InChI=1S/C26H21FN4O3S/c27-19-8-10-20(11-9-19)29-24(33)17-23-25(34)31(21-12-14-22(32)15-13-21)26(35-23)30-28-16-4-7-18-5-2-1-3-6-18/h1-16,23,32H,17H2,(H,29,33). The summed E-state index contributed by atoms with van der Waals surface area (Å²) in [6.07, 6.45) is 5.01. The number of carbonyl (C=O) groups is 2. The number of nitrogens with zero attached hydrogens (tertiary/aromatic N) is 3. The number of anilines is 2. The Morgan fingerprint density at radius 3 is 2.49 bits per heavy atom. The minimum atomic E-state index is -0.724. The summed E-state index contributed by atoms with van der Waals surface area (Å²) >= 11 is 1.13. The average molecular weight is 489 g/mol. The maximum atomic E-state index is 13.2. The smallest absolute Gasteiger partial charge is 0.247 e. The van der Waals surface area contributed by atoms with Crippen molar-refractivity contribution in [3.05, 3.63) is 96.3 Å². The van der Waals surface area contributed by atoms with E-state index in [9.17, 15) is 19.1 Å². The van der Waals surface area contributed by atoms with Gasteiger partial charge in [0.25, 0.3) is 0 Å². The molecule has 1 saturated heterocycles. The topological polar surface area (TPSA) is 94.4 Å². The second-order valence-corrected chi connectivity index (χ2v) is 8.64. The predicted octanol–water partition coefficient (Wildman–Crippen LogP) is 5.06. The zero-order chi connectivity index (χ0) is 24.6. The fourth-order valence-corrected chi connectivity index (χ4v) is 4.35. The second-order valence-electron chi connectivity index (χ2n) is 7.47. The number of phenols is 1. The zero-order valence-corrected chi connectivity index (χ0v) is 19.2. The largest absolute Gasteiger partial charge is 0.508 e. The fourth-order valence-electron chi connectivity index (χ4n) is 3.26. The molecule has 3 aromatic rings. The molecule has 0 spiro atoms. The number of amides is 2. The van der Waals surface area contributed by atoms with Crippen LogP contribution < -0.4 is 10.2 Å². The number of carbonyl (C=O) groups excluding carboxylic acids is 2. The Bertz CT molecular complexity index is 1280. The number of hydrogen-bond donors (Lipinski definition) is 2. The first-order valence-electron chi connectivity index (χ1n) is 10.7. The molecule has 4 rings (SSSR count). The quantitative estimate of drug-likeness (QED) is 0.359. The Balaban J connectivity index is 1.49. The van der Waals surface area contributed by atoms with Crippen molar-refractivity contribution in [2.75, 3.05) is 10.2 Å². The third-order valence-corrected chi connectivity index (χ3v) is 6.05. The predicted molar refractivity (Wildman–Crippen MR) is 138 cm³/mol. The van der Waals surface area contributed by atoms with Gasteiger partial charge in [0.15, 0.2) is 5.17 Å². The lowest BCUT2D eigenvalue weighted by atomic mass is 10.2. The lowest BCUT2D eigenvalue weighted by Crippen LogP contribution is -2.33. The molecule has 35 heavy (non-hydrogen) atoms. The molecular weight excluding hydrogens is 467 g/mol. The Morgan fingerprint density at radius 2 is 1.77 bits per heavy atom. The molecule has 1 atom stereocenters. The molecule has 3 aromatic carbocycles. The van der Waals surface area contributed by atoms with E-state index in [1.807, 2.05) is 36.4 Å². The van der Waals surface area contributed by atoms with Crippen LogP contribution in [0.3, 0.4) is 0 Å². The van der Waals surface area contributed by atoms with E-state index >= 15 is 0 Å². The first-order valence-corrected chi connectivity index (χ1v) is 11.6. The van der Waals surface area contributed by atoms with Crippen LogP contribution in [0, 0.1) is 5.82 Å². The summed E-state index contributed by atoms with van der Waals surface area (Å²) in [5.74, 6) is -1.06. The summed E-state index contributed by atoms with van der Waals surface area (Å²) in [7, 11) is 0. The van der Waals surface area contributed by atoms with Gasteiger partial charge in [0.05, 0.1) is 5.69 Å². The molecule has 0 bridgehead atoms. The Morgan fingerprint density at radius 1 is 1.06 bits per heavy atom. The minimum Gasteiger partial charge on any atom is -0.508 e. The van der Waals surface area contributed by atoms with Crippen LogP contribution in [0.4, 0.5) is 15.8 Å². The number of amidine groups is 1. The highest BCUT2D eigenvalue weighted by Gasteiger charge is 2.40. The van der Waals surface area contributed by atoms with Gasteiger partial charge in [0.1, 0.15) is 16.8 Å². The third kappa shape index (κ3) is 6.42. The highest BCUT2D eigenvalue weighted by atomic mass is 32.2. The van der Waals surface area contributed by atoms with Crippen LogP contribution in [-0.4, -0.2) is 33.6 Å². The summed E-state index contributed by atoms with van der Waals surface area (Å²) in [5.41, 5.74) is 1.94. The van der Waals surface area contributed by atoms with Crippen molar-refractivity contribution in [1.82, 2.24) is 0 Å². The maximum absolute atomic E-state index is 13.2. The van der Waals surface area contributed by atoms with Crippen LogP contribution in [0.5, 0.6) is 5.75 Å². The maximum Gasteiger partial charge on any atom is 0.247 e. The van der Waals surface area contributed by atoms with Gasteiger partial charge in [-0.25, -0.2) is 4.39 Å². The van der Waals surface area contributed by atoms with Crippen molar-refractivity contribution < 1.29 is 19.1 Å². The number of benzene rings is 3. The van der Waals surface area contributed by atoms with Gasteiger partial charge in [-0.05, 0) is 60.2 Å². The first kappa shape index (κ1) is 23.9. The van der Waals surface area contributed by atoms with Crippen molar-refractivity contribution in [2.24, 2.45) is 10.2 Å². The van der Waals surface area contributed by atoms with E-state index in [1.54, 1.807) is 18.2 Å². The minimum absolute atomic E-state index is 0.0610. The summed E-state index contributed by atoms with van der Waals surface area (Å²) in [6, 6.07) is 21.2. The van der Waals surface area contributed by atoms with E-state index in [4.69, 9.17) is 0 Å². The van der Waals surface area contributed by atoms with Crippen molar-refractivity contribution in [3.63, 3.8) is 0 Å². The molecule has 0 radical (unpaired) electrons. The van der Waals surface area contributed by atoms with Crippen LogP contribution in [0.15, 0.2) is 95.1 Å². The summed E-state index contributed by atoms with van der Waals surface area (Å²) in [6.45, 7) is 0.